The second-order valence-electron chi connectivity index (χ2n) is 7.95. The van der Waals surface area contributed by atoms with Crippen LogP contribution in [0.25, 0.3) is 0 Å². The normalized spacial score (nSPS) is 20.7. The zero-order valence-electron chi connectivity index (χ0n) is 18.3. The van der Waals surface area contributed by atoms with E-state index in [1.165, 1.54) is 32.5 Å². The van der Waals surface area contributed by atoms with Crippen LogP contribution in [0.2, 0.25) is 0 Å². The number of nitrogens with zero attached hydrogens (tertiary/aromatic N) is 2. The molecule has 1 saturated heterocycles. The Balaban J connectivity index is 1.66. The first-order valence-corrected chi connectivity index (χ1v) is 10.4. The van der Waals surface area contributed by atoms with E-state index in [-0.39, 0.29) is 0 Å². The lowest BCUT2D eigenvalue weighted by Crippen LogP contribution is -2.40. The third-order valence-electron chi connectivity index (χ3n) is 5.27. The lowest BCUT2D eigenvalue weighted by molar-refractivity contribution is 0.139. The van der Waals surface area contributed by atoms with Gasteiger partial charge in [-0.05, 0) is 55.3 Å². The fourth-order valence-corrected chi connectivity index (χ4v) is 4.04. The zero-order chi connectivity index (χ0) is 20.4. The third kappa shape index (κ3) is 7.23. The van der Waals surface area contributed by atoms with Crippen LogP contribution in [0.3, 0.4) is 0 Å². The highest BCUT2D eigenvalue weighted by Crippen LogP contribution is 2.27. The van der Waals surface area contributed by atoms with E-state index in [9.17, 15) is 0 Å². The lowest BCUT2D eigenvalue weighted by Gasteiger charge is -2.34. The fourth-order valence-electron chi connectivity index (χ4n) is 4.04. The highest BCUT2D eigenvalue weighted by atomic mass is 16.5. The molecule has 2 rings (SSSR count). The second kappa shape index (κ2) is 11.8. The number of hydrogen-bond acceptors (Lipinski definition) is 4. The van der Waals surface area contributed by atoms with Crippen LogP contribution in [0.4, 0.5) is 0 Å². The number of piperidine rings is 1. The standard InChI is InChI=1S/C22H38N4O2/c1-17-12-18(2)16-26(15-17)11-7-6-10-24-22(23-3)25-14-19-8-9-20(27-4)21(13-19)28-5/h8-9,13,17-18H,6-7,10-12,14-16H2,1-5H3,(H2,23,24,25). The first kappa shape index (κ1) is 22.3. The van der Waals surface area contributed by atoms with Crippen LogP contribution in [0.15, 0.2) is 23.2 Å². The molecule has 6 nitrogen and oxygen atoms in total. The van der Waals surface area contributed by atoms with E-state index >= 15 is 0 Å². The molecule has 1 fully saturated rings. The summed E-state index contributed by atoms with van der Waals surface area (Å²) in [6.07, 6.45) is 3.75. The van der Waals surface area contributed by atoms with Crippen LogP contribution in [0.1, 0.15) is 38.7 Å². The number of nitrogens with one attached hydrogen (secondary N) is 2. The molecule has 0 saturated carbocycles. The molecule has 1 aromatic carbocycles. The van der Waals surface area contributed by atoms with E-state index < -0.39 is 0 Å². The highest BCUT2D eigenvalue weighted by molar-refractivity contribution is 5.79. The molecule has 158 valence electrons. The number of guanidine groups is 1. The van der Waals surface area contributed by atoms with Crippen molar-refractivity contribution in [3.63, 3.8) is 0 Å². The number of rotatable bonds is 9. The van der Waals surface area contributed by atoms with Gasteiger partial charge in [0.1, 0.15) is 0 Å². The molecule has 2 unspecified atom stereocenters. The molecular weight excluding hydrogens is 352 g/mol. The van der Waals surface area contributed by atoms with Gasteiger partial charge in [0.2, 0.25) is 0 Å². The first-order chi connectivity index (χ1) is 13.5. The SMILES string of the molecule is CN=C(NCCCCN1CC(C)CC(C)C1)NCc1ccc(OC)c(OC)c1. The van der Waals surface area contributed by atoms with Gasteiger partial charge in [-0.15, -0.1) is 0 Å². The Kier molecular flexibility index (Phi) is 9.41. The number of methoxy groups -OCH3 is 2. The Morgan fingerprint density at radius 3 is 2.43 bits per heavy atom. The van der Waals surface area contributed by atoms with E-state index in [0.717, 1.165) is 47.8 Å². The van der Waals surface area contributed by atoms with Crippen LogP contribution < -0.4 is 20.1 Å². The number of aliphatic imine (C=N–C) groups is 1. The van der Waals surface area contributed by atoms with E-state index in [2.05, 4.69) is 34.4 Å². The zero-order valence-corrected chi connectivity index (χ0v) is 18.3. The predicted molar refractivity (Wildman–Crippen MR) is 116 cm³/mol. The van der Waals surface area contributed by atoms with Crippen molar-refractivity contribution in [2.24, 2.45) is 16.8 Å². The molecule has 0 spiro atoms. The smallest absolute Gasteiger partial charge is 0.191 e. The van der Waals surface area contributed by atoms with Crippen molar-refractivity contribution >= 4 is 5.96 Å². The summed E-state index contributed by atoms with van der Waals surface area (Å²) in [5.74, 6) is 3.98. The van der Waals surface area contributed by atoms with Gasteiger partial charge >= 0.3 is 0 Å². The maximum absolute atomic E-state index is 5.36. The summed E-state index contributed by atoms with van der Waals surface area (Å²) in [5.41, 5.74) is 1.12. The monoisotopic (exact) mass is 390 g/mol. The molecule has 0 radical (unpaired) electrons. The number of benzene rings is 1. The Labute approximate surface area is 170 Å². The second-order valence-corrected chi connectivity index (χ2v) is 7.95. The third-order valence-corrected chi connectivity index (χ3v) is 5.27. The van der Waals surface area contributed by atoms with Gasteiger partial charge in [0.15, 0.2) is 17.5 Å². The van der Waals surface area contributed by atoms with Crippen molar-refractivity contribution in [2.45, 2.75) is 39.7 Å². The van der Waals surface area contributed by atoms with Crippen molar-refractivity contribution in [3.8, 4) is 11.5 Å². The molecule has 0 aliphatic carbocycles. The van der Waals surface area contributed by atoms with Crippen LogP contribution in [-0.4, -0.2) is 58.3 Å². The minimum Gasteiger partial charge on any atom is -0.493 e. The molecule has 0 amide bonds. The van der Waals surface area contributed by atoms with E-state index in [0.29, 0.717) is 6.54 Å². The Morgan fingerprint density at radius 2 is 1.79 bits per heavy atom. The van der Waals surface area contributed by atoms with Gasteiger partial charge in [-0.2, -0.15) is 0 Å². The number of likely N-dealkylation sites (tertiary alicyclic amines) is 1. The highest BCUT2D eigenvalue weighted by Gasteiger charge is 2.20. The van der Waals surface area contributed by atoms with Gasteiger partial charge in [-0.3, -0.25) is 4.99 Å². The van der Waals surface area contributed by atoms with Gasteiger partial charge in [0.05, 0.1) is 14.2 Å². The van der Waals surface area contributed by atoms with Crippen molar-refractivity contribution in [3.05, 3.63) is 23.8 Å². The van der Waals surface area contributed by atoms with E-state index in [4.69, 9.17) is 9.47 Å². The Morgan fingerprint density at radius 1 is 1.07 bits per heavy atom. The van der Waals surface area contributed by atoms with Crippen LogP contribution in [-0.2, 0) is 6.54 Å². The molecule has 2 N–H and O–H groups in total. The summed E-state index contributed by atoms with van der Waals surface area (Å²) in [6, 6.07) is 5.94. The lowest BCUT2D eigenvalue weighted by atomic mass is 9.92. The molecule has 2 atom stereocenters. The summed E-state index contributed by atoms with van der Waals surface area (Å²) < 4.78 is 10.6. The van der Waals surface area contributed by atoms with Gasteiger partial charge in [-0.25, -0.2) is 0 Å². The van der Waals surface area contributed by atoms with E-state index in [1.807, 2.05) is 18.2 Å². The summed E-state index contributed by atoms with van der Waals surface area (Å²) in [4.78, 5) is 6.94. The predicted octanol–water partition coefficient (Wildman–Crippen LogP) is 3.13. The van der Waals surface area contributed by atoms with Gasteiger partial charge < -0.3 is 25.0 Å². The van der Waals surface area contributed by atoms with E-state index in [1.54, 1.807) is 21.3 Å². The Hall–Kier alpha value is -1.95. The molecule has 28 heavy (non-hydrogen) atoms. The summed E-state index contributed by atoms with van der Waals surface area (Å²) in [6.45, 7) is 10.1. The average molecular weight is 391 g/mol. The average Bonchev–Trinajstić information content (AvgIpc) is 2.69. The van der Waals surface area contributed by atoms with Crippen molar-refractivity contribution in [2.75, 3.05) is 47.4 Å². The molecule has 0 bridgehead atoms. The summed E-state index contributed by atoms with van der Waals surface area (Å²) in [7, 11) is 5.11. The Bertz CT molecular complexity index is 611. The minimum atomic E-state index is 0.684. The summed E-state index contributed by atoms with van der Waals surface area (Å²) in [5, 5.41) is 6.77. The molecule has 1 aliphatic rings. The topological polar surface area (TPSA) is 58.1 Å². The fraction of sp³-hybridized carbons (Fsp3) is 0.682. The number of ether oxygens (including phenoxy) is 2. The first-order valence-electron chi connectivity index (χ1n) is 10.4. The van der Waals surface area contributed by atoms with Crippen molar-refractivity contribution < 1.29 is 9.47 Å². The molecule has 1 aliphatic heterocycles. The van der Waals surface area contributed by atoms with Crippen LogP contribution in [0, 0.1) is 11.8 Å². The largest absolute Gasteiger partial charge is 0.493 e. The molecule has 6 heteroatoms. The minimum absolute atomic E-state index is 0.684. The van der Waals surface area contributed by atoms with Crippen molar-refractivity contribution in [1.82, 2.24) is 15.5 Å². The quantitative estimate of drug-likeness (QED) is 0.385. The maximum atomic E-state index is 5.36. The molecule has 1 heterocycles. The maximum Gasteiger partial charge on any atom is 0.191 e. The van der Waals surface area contributed by atoms with Crippen LogP contribution in [0.5, 0.6) is 11.5 Å². The van der Waals surface area contributed by atoms with Gasteiger partial charge in [-0.1, -0.05) is 19.9 Å². The summed E-state index contributed by atoms with van der Waals surface area (Å²) >= 11 is 0. The van der Waals surface area contributed by atoms with Crippen LogP contribution >= 0.6 is 0 Å². The van der Waals surface area contributed by atoms with Gasteiger partial charge in [0, 0.05) is 33.2 Å². The van der Waals surface area contributed by atoms with Gasteiger partial charge in [0.25, 0.3) is 0 Å². The van der Waals surface area contributed by atoms with Crippen molar-refractivity contribution in [1.29, 1.82) is 0 Å². The molecule has 1 aromatic rings. The number of unbranched alkanes of at least 4 members (excludes halogenated alkanes) is 1. The molecule has 0 aromatic heterocycles. The number of hydrogen-bond donors (Lipinski definition) is 2. The molecular formula is C22H38N4O2.